The van der Waals surface area contributed by atoms with E-state index in [4.69, 9.17) is 9.47 Å². The highest BCUT2D eigenvalue weighted by Crippen LogP contribution is 2.33. The first-order valence-electron chi connectivity index (χ1n) is 4.10. The van der Waals surface area contributed by atoms with Crippen LogP contribution in [-0.4, -0.2) is 30.7 Å². The highest BCUT2D eigenvalue weighted by Gasteiger charge is 2.43. The maximum atomic E-state index is 9.37. The van der Waals surface area contributed by atoms with E-state index in [1.54, 1.807) is 6.08 Å². The minimum Gasteiger partial charge on any atom is -0.368 e. The van der Waals surface area contributed by atoms with Gasteiger partial charge in [-0.25, -0.2) is 0 Å². The summed E-state index contributed by atoms with van der Waals surface area (Å²) in [6, 6.07) is 0. The van der Waals surface area contributed by atoms with Crippen LogP contribution in [-0.2, 0) is 9.47 Å². The Morgan fingerprint density at radius 3 is 2.83 bits per heavy atom. The van der Waals surface area contributed by atoms with Gasteiger partial charge in [0.2, 0.25) is 0 Å². The highest BCUT2D eigenvalue weighted by atomic mass is 16.6. The van der Waals surface area contributed by atoms with Crippen molar-refractivity contribution in [2.75, 3.05) is 13.2 Å². The summed E-state index contributed by atoms with van der Waals surface area (Å²) in [6.07, 6.45) is 0.636. The number of hydrogen-bond acceptors (Lipinski definition) is 3. The van der Waals surface area contributed by atoms with E-state index in [0.717, 1.165) is 0 Å². The second kappa shape index (κ2) is 3.56. The Balaban J connectivity index is 2.52. The van der Waals surface area contributed by atoms with Gasteiger partial charge < -0.3 is 14.6 Å². The molecule has 0 unspecified atom stereocenters. The van der Waals surface area contributed by atoms with Gasteiger partial charge >= 0.3 is 0 Å². The third kappa shape index (κ3) is 1.86. The van der Waals surface area contributed by atoms with Gasteiger partial charge in [-0.2, -0.15) is 0 Å². The maximum Gasteiger partial charge on any atom is 0.181 e. The summed E-state index contributed by atoms with van der Waals surface area (Å²) < 4.78 is 10.5. The third-order valence-electron chi connectivity index (χ3n) is 2.05. The quantitative estimate of drug-likeness (QED) is 0.644. The molecule has 0 saturated carbocycles. The standard InChI is InChI=1S/C9H16O3/c1-4-5-11-7-8(10)12-6-9(7,2)3/h4,7-8,10H,1,5-6H2,2-3H3/t7-,8-/m0/s1. The van der Waals surface area contributed by atoms with E-state index < -0.39 is 6.29 Å². The Hall–Kier alpha value is -0.380. The van der Waals surface area contributed by atoms with Crippen molar-refractivity contribution in [1.82, 2.24) is 0 Å². The molecular weight excluding hydrogens is 156 g/mol. The number of hydrogen-bond donors (Lipinski definition) is 1. The summed E-state index contributed by atoms with van der Waals surface area (Å²) >= 11 is 0. The van der Waals surface area contributed by atoms with Crippen molar-refractivity contribution >= 4 is 0 Å². The van der Waals surface area contributed by atoms with Gasteiger partial charge in [0.25, 0.3) is 0 Å². The third-order valence-corrected chi connectivity index (χ3v) is 2.05. The van der Waals surface area contributed by atoms with Gasteiger partial charge in [-0.3, -0.25) is 0 Å². The van der Waals surface area contributed by atoms with Gasteiger partial charge in [0.15, 0.2) is 6.29 Å². The molecule has 2 atom stereocenters. The van der Waals surface area contributed by atoms with E-state index in [0.29, 0.717) is 13.2 Å². The minimum absolute atomic E-state index is 0.109. The Labute approximate surface area is 73.0 Å². The summed E-state index contributed by atoms with van der Waals surface area (Å²) in [6.45, 7) is 8.56. The largest absolute Gasteiger partial charge is 0.368 e. The van der Waals surface area contributed by atoms with Crippen LogP contribution in [0.4, 0.5) is 0 Å². The molecule has 1 N–H and O–H groups in total. The number of ether oxygens (including phenoxy) is 2. The zero-order valence-electron chi connectivity index (χ0n) is 7.62. The maximum absolute atomic E-state index is 9.37. The van der Waals surface area contributed by atoms with E-state index in [2.05, 4.69) is 6.58 Å². The van der Waals surface area contributed by atoms with Crippen LogP contribution in [0, 0.1) is 5.41 Å². The predicted molar refractivity (Wildman–Crippen MR) is 45.7 cm³/mol. The molecule has 0 radical (unpaired) electrons. The van der Waals surface area contributed by atoms with Crippen LogP contribution < -0.4 is 0 Å². The Kier molecular flexibility index (Phi) is 2.88. The van der Waals surface area contributed by atoms with E-state index >= 15 is 0 Å². The molecule has 0 aromatic heterocycles. The molecule has 1 aliphatic heterocycles. The van der Waals surface area contributed by atoms with Crippen molar-refractivity contribution in [2.24, 2.45) is 5.41 Å². The molecule has 0 spiro atoms. The van der Waals surface area contributed by atoms with Crippen molar-refractivity contribution in [2.45, 2.75) is 26.2 Å². The Morgan fingerprint density at radius 2 is 2.42 bits per heavy atom. The molecule has 0 aromatic carbocycles. The van der Waals surface area contributed by atoms with E-state index in [9.17, 15) is 5.11 Å². The van der Waals surface area contributed by atoms with Crippen molar-refractivity contribution in [3.05, 3.63) is 12.7 Å². The van der Waals surface area contributed by atoms with Gasteiger partial charge in [-0.1, -0.05) is 19.9 Å². The fourth-order valence-electron chi connectivity index (χ4n) is 1.34. The first kappa shape index (κ1) is 9.71. The average Bonchev–Trinajstić information content (AvgIpc) is 2.24. The molecule has 12 heavy (non-hydrogen) atoms. The molecule has 1 saturated heterocycles. The number of aliphatic hydroxyl groups is 1. The highest BCUT2D eigenvalue weighted by molar-refractivity contribution is 4.87. The molecule has 0 aliphatic carbocycles. The van der Waals surface area contributed by atoms with E-state index in [1.807, 2.05) is 13.8 Å². The second-order valence-electron chi connectivity index (χ2n) is 3.73. The van der Waals surface area contributed by atoms with E-state index in [1.165, 1.54) is 0 Å². The molecule has 0 amide bonds. The van der Waals surface area contributed by atoms with E-state index in [-0.39, 0.29) is 11.5 Å². The first-order chi connectivity index (χ1) is 5.58. The van der Waals surface area contributed by atoms with Gasteiger partial charge in [-0.05, 0) is 0 Å². The fourth-order valence-corrected chi connectivity index (χ4v) is 1.34. The topological polar surface area (TPSA) is 38.7 Å². The number of rotatable bonds is 3. The number of aliphatic hydroxyl groups excluding tert-OH is 1. The molecular formula is C9H16O3. The fraction of sp³-hybridized carbons (Fsp3) is 0.778. The van der Waals surface area contributed by atoms with Crippen LogP contribution in [0.25, 0.3) is 0 Å². The van der Waals surface area contributed by atoms with Crippen molar-refractivity contribution in [3.8, 4) is 0 Å². The second-order valence-corrected chi connectivity index (χ2v) is 3.73. The van der Waals surface area contributed by atoms with Crippen molar-refractivity contribution < 1.29 is 14.6 Å². The van der Waals surface area contributed by atoms with Crippen molar-refractivity contribution in [3.63, 3.8) is 0 Å². The normalized spacial score (nSPS) is 33.6. The summed E-state index contributed by atoms with van der Waals surface area (Å²) in [7, 11) is 0. The summed E-state index contributed by atoms with van der Waals surface area (Å²) in [5, 5.41) is 9.37. The zero-order valence-corrected chi connectivity index (χ0v) is 7.62. The van der Waals surface area contributed by atoms with Gasteiger partial charge in [0.05, 0.1) is 13.2 Å². The zero-order chi connectivity index (χ0) is 9.19. The molecule has 1 rings (SSSR count). The average molecular weight is 172 g/mol. The Bertz CT molecular complexity index is 165. The SMILES string of the molecule is C=CCO[C@H]1[C@@H](O)OCC1(C)C. The lowest BCUT2D eigenvalue weighted by atomic mass is 9.89. The molecule has 1 heterocycles. The monoisotopic (exact) mass is 172 g/mol. The van der Waals surface area contributed by atoms with Gasteiger partial charge in [-0.15, -0.1) is 6.58 Å². The lowest BCUT2D eigenvalue weighted by molar-refractivity contribution is -0.129. The van der Waals surface area contributed by atoms with Crippen LogP contribution in [0.5, 0.6) is 0 Å². The molecule has 3 nitrogen and oxygen atoms in total. The Morgan fingerprint density at radius 1 is 1.75 bits per heavy atom. The van der Waals surface area contributed by atoms with Crippen LogP contribution in [0.2, 0.25) is 0 Å². The predicted octanol–water partition coefficient (Wildman–Crippen LogP) is 0.932. The molecule has 70 valence electrons. The van der Waals surface area contributed by atoms with Crippen LogP contribution in [0.3, 0.4) is 0 Å². The molecule has 1 aliphatic rings. The summed E-state index contributed by atoms with van der Waals surface area (Å²) in [4.78, 5) is 0. The summed E-state index contributed by atoms with van der Waals surface area (Å²) in [5.74, 6) is 0. The first-order valence-corrected chi connectivity index (χ1v) is 4.10. The summed E-state index contributed by atoms with van der Waals surface area (Å²) in [5.41, 5.74) is -0.109. The minimum atomic E-state index is -0.792. The lowest BCUT2D eigenvalue weighted by Gasteiger charge is -2.25. The van der Waals surface area contributed by atoms with Crippen molar-refractivity contribution in [1.29, 1.82) is 0 Å². The molecule has 3 heteroatoms. The molecule has 1 fully saturated rings. The van der Waals surface area contributed by atoms with Crippen LogP contribution >= 0.6 is 0 Å². The van der Waals surface area contributed by atoms with Gasteiger partial charge in [0, 0.05) is 5.41 Å². The van der Waals surface area contributed by atoms with Gasteiger partial charge in [0.1, 0.15) is 6.10 Å². The lowest BCUT2D eigenvalue weighted by Crippen LogP contribution is -2.35. The molecule has 0 aromatic rings. The smallest absolute Gasteiger partial charge is 0.181 e. The van der Waals surface area contributed by atoms with Crippen LogP contribution in [0.15, 0.2) is 12.7 Å². The van der Waals surface area contributed by atoms with Crippen LogP contribution in [0.1, 0.15) is 13.8 Å². The molecule has 0 bridgehead atoms.